The molecule has 1 aromatic carbocycles. The van der Waals surface area contributed by atoms with Crippen molar-refractivity contribution in [3.8, 4) is 0 Å². The molecule has 0 bridgehead atoms. The Hall–Kier alpha value is -3.00. The zero-order valence-corrected chi connectivity index (χ0v) is 14.3. The second-order valence-electron chi connectivity index (χ2n) is 5.30. The molecule has 0 saturated carbocycles. The van der Waals surface area contributed by atoms with Gasteiger partial charge in [-0.3, -0.25) is 14.9 Å². The number of barbiturate groups is 1. The van der Waals surface area contributed by atoms with Crippen LogP contribution in [0.2, 0.25) is 0 Å². The molecule has 0 atom stereocenters. The van der Waals surface area contributed by atoms with Crippen LogP contribution in [0.15, 0.2) is 47.4 Å². The molecule has 8 heteroatoms. The van der Waals surface area contributed by atoms with Crippen molar-refractivity contribution in [3.63, 3.8) is 0 Å². The monoisotopic (exact) mass is 354 g/mol. The number of hydrogen-bond acceptors (Lipinski definition) is 6. The summed E-state index contributed by atoms with van der Waals surface area (Å²) in [5.41, 5.74) is 1.72. The Kier molecular flexibility index (Phi) is 4.62. The predicted molar refractivity (Wildman–Crippen MR) is 94.0 cm³/mol. The van der Waals surface area contributed by atoms with Crippen molar-refractivity contribution >= 4 is 41.4 Å². The number of aryl methyl sites for hydroxylation is 1. The largest absolute Gasteiger partial charge is 0.335 e. The van der Waals surface area contributed by atoms with E-state index in [9.17, 15) is 14.4 Å². The number of thioether (sulfide) groups is 1. The molecular formula is C17H14N4O3S. The second kappa shape index (κ2) is 6.86. The van der Waals surface area contributed by atoms with E-state index in [2.05, 4.69) is 15.3 Å². The van der Waals surface area contributed by atoms with Crippen molar-refractivity contribution in [2.45, 2.75) is 12.1 Å². The Balaban J connectivity index is 1.97. The highest BCUT2D eigenvalue weighted by Gasteiger charge is 2.36. The van der Waals surface area contributed by atoms with Crippen LogP contribution in [0.4, 0.5) is 10.5 Å². The van der Waals surface area contributed by atoms with Crippen LogP contribution >= 0.6 is 11.8 Å². The van der Waals surface area contributed by atoms with Crippen molar-refractivity contribution in [1.82, 2.24) is 15.3 Å². The minimum Gasteiger partial charge on any atom is -0.273 e. The summed E-state index contributed by atoms with van der Waals surface area (Å²) in [7, 11) is 0. The van der Waals surface area contributed by atoms with E-state index in [0.29, 0.717) is 16.4 Å². The van der Waals surface area contributed by atoms with Gasteiger partial charge in [0.25, 0.3) is 11.8 Å². The van der Waals surface area contributed by atoms with Crippen LogP contribution in [0, 0.1) is 6.92 Å². The Morgan fingerprint density at radius 1 is 1.08 bits per heavy atom. The molecular weight excluding hydrogens is 340 g/mol. The molecule has 25 heavy (non-hydrogen) atoms. The standard InChI is InChI=1S/C17H14N4O3S/c1-10-3-5-12(6-4-10)21-15(23)13(14(22)20-17(21)24)7-11-8-18-16(25-2)19-9-11/h3-9H,1-2H3,(H,20,22,24)/b13-7-. The van der Waals surface area contributed by atoms with Gasteiger partial charge in [0.05, 0.1) is 5.69 Å². The third-order valence-electron chi connectivity index (χ3n) is 3.54. The summed E-state index contributed by atoms with van der Waals surface area (Å²) >= 11 is 1.38. The lowest BCUT2D eigenvalue weighted by atomic mass is 10.1. The third kappa shape index (κ3) is 3.43. The smallest absolute Gasteiger partial charge is 0.273 e. The van der Waals surface area contributed by atoms with Crippen LogP contribution in [0.1, 0.15) is 11.1 Å². The first kappa shape index (κ1) is 16.8. The molecule has 0 unspecified atom stereocenters. The molecule has 3 rings (SSSR count). The summed E-state index contributed by atoms with van der Waals surface area (Å²) in [6.07, 6.45) is 6.24. The first-order valence-electron chi connectivity index (χ1n) is 7.34. The molecule has 126 valence electrons. The summed E-state index contributed by atoms with van der Waals surface area (Å²) < 4.78 is 0. The molecule has 4 amide bonds. The fourth-order valence-corrected chi connectivity index (χ4v) is 2.57. The predicted octanol–water partition coefficient (Wildman–Crippen LogP) is 2.17. The van der Waals surface area contributed by atoms with Crippen molar-refractivity contribution in [1.29, 1.82) is 0 Å². The lowest BCUT2D eigenvalue weighted by Crippen LogP contribution is -2.54. The van der Waals surface area contributed by atoms with Gasteiger partial charge in [-0.1, -0.05) is 29.5 Å². The van der Waals surface area contributed by atoms with E-state index in [4.69, 9.17) is 0 Å². The molecule has 1 aromatic heterocycles. The van der Waals surface area contributed by atoms with E-state index in [-0.39, 0.29) is 5.57 Å². The molecule has 1 fully saturated rings. The van der Waals surface area contributed by atoms with Gasteiger partial charge in [-0.05, 0) is 31.4 Å². The van der Waals surface area contributed by atoms with Crippen LogP contribution in [0.25, 0.3) is 6.08 Å². The number of imide groups is 2. The van der Waals surface area contributed by atoms with Gasteiger partial charge in [-0.25, -0.2) is 19.7 Å². The van der Waals surface area contributed by atoms with Crippen LogP contribution in [0.5, 0.6) is 0 Å². The Morgan fingerprint density at radius 3 is 2.32 bits per heavy atom. The number of amides is 4. The number of hydrogen-bond donors (Lipinski definition) is 1. The first-order valence-corrected chi connectivity index (χ1v) is 8.56. The molecule has 2 heterocycles. The Labute approximate surface area is 148 Å². The summed E-state index contributed by atoms with van der Waals surface area (Å²) in [4.78, 5) is 46.0. The third-order valence-corrected chi connectivity index (χ3v) is 4.11. The molecule has 1 N–H and O–H groups in total. The van der Waals surface area contributed by atoms with E-state index in [0.717, 1.165) is 10.5 Å². The number of nitrogens with one attached hydrogen (secondary N) is 1. The van der Waals surface area contributed by atoms with Gasteiger partial charge in [-0.2, -0.15) is 0 Å². The number of nitrogens with zero attached hydrogens (tertiary/aromatic N) is 3. The van der Waals surface area contributed by atoms with Crippen molar-refractivity contribution in [2.24, 2.45) is 0 Å². The SMILES string of the molecule is CSc1ncc(/C=C2/C(=O)NC(=O)N(c3ccc(C)cc3)C2=O)cn1. The molecule has 1 saturated heterocycles. The highest BCUT2D eigenvalue weighted by atomic mass is 32.2. The number of urea groups is 1. The second-order valence-corrected chi connectivity index (χ2v) is 6.07. The summed E-state index contributed by atoms with van der Waals surface area (Å²) in [6.45, 7) is 1.90. The van der Waals surface area contributed by atoms with Crippen LogP contribution in [-0.4, -0.2) is 34.1 Å². The van der Waals surface area contributed by atoms with Crippen LogP contribution < -0.4 is 10.2 Å². The summed E-state index contributed by atoms with van der Waals surface area (Å²) in [5, 5.41) is 2.76. The zero-order chi connectivity index (χ0) is 18.0. The van der Waals surface area contributed by atoms with Gasteiger partial charge in [0.1, 0.15) is 5.57 Å². The van der Waals surface area contributed by atoms with E-state index < -0.39 is 17.8 Å². The number of rotatable bonds is 3. The molecule has 0 aliphatic carbocycles. The van der Waals surface area contributed by atoms with Gasteiger partial charge in [0.15, 0.2) is 5.16 Å². The van der Waals surface area contributed by atoms with E-state index in [1.54, 1.807) is 24.3 Å². The maximum atomic E-state index is 12.7. The van der Waals surface area contributed by atoms with E-state index in [1.165, 1.54) is 30.2 Å². The average molecular weight is 354 g/mol. The van der Waals surface area contributed by atoms with Gasteiger partial charge in [0, 0.05) is 18.0 Å². The van der Waals surface area contributed by atoms with E-state index >= 15 is 0 Å². The van der Waals surface area contributed by atoms with Crippen molar-refractivity contribution < 1.29 is 14.4 Å². The minimum absolute atomic E-state index is 0.152. The van der Waals surface area contributed by atoms with Gasteiger partial charge in [0.2, 0.25) is 0 Å². The number of anilines is 1. The van der Waals surface area contributed by atoms with Crippen molar-refractivity contribution in [2.75, 3.05) is 11.2 Å². The lowest BCUT2D eigenvalue weighted by molar-refractivity contribution is -0.122. The quantitative estimate of drug-likeness (QED) is 0.393. The topological polar surface area (TPSA) is 92.3 Å². The molecule has 1 aliphatic rings. The maximum absolute atomic E-state index is 12.7. The van der Waals surface area contributed by atoms with E-state index in [1.807, 2.05) is 13.2 Å². The molecule has 0 spiro atoms. The maximum Gasteiger partial charge on any atom is 0.335 e. The molecule has 0 radical (unpaired) electrons. The first-order chi connectivity index (χ1) is 12.0. The summed E-state index contributed by atoms with van der Waals surface area (Å²) in [6, 6.07) is 6.09. The molecule has 1 aliphatic heterocycles. The summed E-state index contributed by atoms with van der Waals surface area (Å²) in [5.74, 6) is -1.43. The fraction of sp³-hybridized carbons (Fsp3) is 0.118. The van der Waals surface area contributed by atoms with Gasteiger partial charge < -0.3 is 0 Å². The highest BCUT2D eigenvalue weighted by Crippen LogP contribution is 2.22. The van der Waals surface area contributed by atoms with Gasteiger partial charge in [-0.15, -0.1) is 0 Å². The highest BCUT2D eigenvalue weighted by molar-refractivity contribution is 7.98. The normalized spacial score (nSPS) is 16.3. The van der Waals surface area contributed by atoms with Crippen molar-refractivity contribution in [3.05, 3.63) is 53.4 Å². The van der Waals surface area contributed by atoms with Crippen LogP contribution in [0.3, 0.4) is 0 Å². The number of aromatic nitrogens is 2. The average Bonchev–Trinajstić information content (AvgIpc) is 2.60. The Morgan fingerprint density at radius 2 is 1.72 bits per heavy atom. The van der Waals surface area contributed by atoms with Gasteiger partial charge >= 0.3 is 6.03 Å². The number of carbonyl (C=O) groups excluding carboxylic acids is 3. The Bertz CT molecular complexity index is 876. The zero-order valence-electron chi connectivity index (χ0n) is 13.5. The lowest BCUT2D eigenvalue weighted by Gasteiger charge is -2.26. The minimum atomic E-state index is -0.773. The molecule has 7 nitrogen and oxygen atoms in total. The molecule has 2 aromatic rings. The number of carbonyl (C=O) groups is 3. The van der Waals surface area contributed by atoms with Crippen LogP contribution in [-0.2, 0) is 9.59 Å². The number of benzene rings is 1. The fourth-order valence-electron chi connectivity index (χ4n) is 2.26.